The molecular formula is C15H19N3. The van der Waals surface area contributed by atoms with Gasteiger partial charge in [0.05, 0.1) is 5.69 Å². The van der Waals surface area contributed by atoms with Gasteiger partial charge in [0.15, 0.2) is 0 Å². The van der Waals surface area contributed by atoms with E-state index in [0.29, 0.717) is 0 Å². The highest BCUT2D eigenvalue weighted by Crippen LogP contribution is 2.25. The van der Waals surface area contributed by atoms with Gasteiger partial charge in [-0.05, 0) is 0 Å². The van der Waals surface area contributed by atoms with Crippen LogP contribution in [0, 0.1) is 0 Å². The van der Waals surface area contributed by atoms with Gasteiger partial charge in [-0.1, -0.05) is 51.1 Å². The molecule has 0 fully saturated rings. The van der Waals surface area contributed by atoms with Crippen LogP contribution in [0.15, 0.2) is 36.4 Å². The third-order valence-electron chi connectivity index (χ3n) is 2.72. The maximum absolute atomic E-state index is 4.67. The largest absolute Gasteiger partial charge is 0.373 e. The van der Waals surface area contributed by atoms with Crippen LogP contribution in [-0.4, -0.2) is 17.0 Å². The second-order valence-corrected chi connectivity index (χ2v) is 5.33. The van der Waals surface area contributed by atoms with Crippen LogP contribution >= 0.6 is 0 Å². The van der Waals surface area contributed by atoms with Gasteiger partial charge in [-0.25, -0.2) is 9.97 Å². The Balaban J connectivity index is 2.55. The summed E-state index contributed by atoms with van der Waals surface area (Å²) in [6, 6.07) is 12.2. The van der Waals surface area contributed by atoms with Crippen molar-refractivity contribution in [2.24, 2.45) is 0 Å². The zero-order chi connectivity index (χ0) is 13.2. The Hall–Kier alpha value is -1.90. The van der Waals surface area contributed by atoms with E-state index in [4.69, 9.17) is 0 Å². The molecule has 0 unspecified atom stereocenters. The molecule has 18 heavy (non-hydrogen) atoms. The van der Waals surface area contributed by atoms with Gasteiger partial charge in [0.1, 0.15) is 11.6 Å². The number of hydrogen-bond donors (Lipinski definition) is 1. The third-order valence-corrected chi connectivity index (χ3v) is 2.72. The summed E-state index contributed by atoms with van der Waals surface area (Å²) >= 11 is 0. The summed E-state index contributed by atoms with van der Waals surface area (Å²) in [5.74, 6) is 1.71. The molecule has 3 heteroatoms. The highest BCUT2D eigenvalue weighted by atomic mass is 15.0. The predicted molar refractivity (Wildman–Crippen MR) is 75.7 cm³/mol. The molecule has 0 bridgehead atoms. The Kier molecular flexibility index (Phi) is 3.32. The van der Waals surface area contributed by atoms with Crippen molar-refractivity contribution >= 4 is 5.82 Å². The number of rotatable bonds is 2. The smallest absolute Gasteiger partial charge is 0.136 e. The fraction of sp³-hybridized carbons (Fsp3) is 0.333. The summed E-state index contributed by atoms with van der Waals surface area (Å²) < 4.78 is 0. The Bertz CT molecular complexity index is 527. The van der Waals surface area contributed by atoms with E-state index >= 15 is 0 Å². The average molecular weight is 241 g/mol. The summed E-state index contributed by atoms with van der Waals surface area (Å²) in [4.78, 5) is 9.20. The number of nitrogens with one attached hydrogen (secondary N) is 1. The van der Waals surface area contributed by atoms with Crippen molar-refractivity contribution in [3.05, 3.63) is 42.2 Å². The molecule has 94 valence electrons. The number of hydrogen-bond acceptors (Lipinski definition) is 3. The SMILES string of the molecule is CNc1cc(-c2ccccc2)nc(C(C)(C)C)n1. The summed E-state index contributed by atoms with van der Waals surface area (Å²) in [5.41, 5.74) is 2.01. The van der Waals surface area contributed by atoms with Gasteiger partial charge in [0.2, 0.25) is 0 Å². The van der Waals surface area contributed by atoms with Gasteiger partial charge >= 0.3 is 0 Å². The standard InChI is InChI=1S/C15H19N3/c1-15(2,3)14-17-12(10-13(16-4)18-14)11-8-6-5-7-9-11/h5-10H,1-4H3,(H,16,17,18). The van der Waals surface area contributed by atoms with Gasteiger partial charge in [-0.3, -0.25) is 0 Å². The number of nitrogens with zero attached hydrogens (tertiary/aromatic N) is 2. The van der Waals surface area contributed by atoms with Crippen molar-refractivity contribution in [2.75, 3.05) is 12.4 Å². The molecule has 0 atom stereocenters. The van der Waals surface area contributed by atoms with Crippen LogP contribution in [0.25, 0.3) is 11.3 Å². The lowest BCUT2D eigenvalue weighted by Gasteiger charge is -2.18. The summed E-state index contributed by atoms with van der Waals surface area (Å²) in [7, 11) is 1.88. The Morgan fingerprint density at radius 3 is 2.22 bits per heavy atom. The molecule has 1 aromatic heterocycles. The van der Waals surface area contributed by atoms with Crippen LogP contribution in [0.3, 0.4) is 0 Å². The van der Waals surface area contributed by atoms with Crippen LogP contribution in [-0.2, 0) is 5.41 Å². The molecule has 2 aromatic rings. The lowest BCUT2D eigenvalue weighted by molar-refractivity contribution is 0.547. The minimum atomic E-state index is -0.0591. The molecule has 1 aromatic carbocycles. The molecule has 1 heterocycles. The van der Waals surface area contributed by atoms with E-state index in [9.17, 15) is 0 Å². The molecule has 0 radical (unpaired) electrons. The molecule has 3 nitrogen and oxygen atoms in total. The van der Waals surface area contributed by atoms with E-state index in [0.717, 1.165) is 22.9 Å². The Morgan fingerprint density at radius 1 is 1.00 bits per heavy atom. The molecule has 0 amide bonds. The minimum absolute atomic E-state index is 0.0591. The topological polar surface area (TPSA) is 37.8 Å². The van der Waals surface area contributed by atoms with Crippen molar-refractivity contribution in [3.8, 4) is 11.3 Å². The fourth-order valence-electron chi connectivity index (χ4n) is 1.67. The second kappa shape index (κ2) is 4.77. The van der Waals surface area contributed by atoms with Crippen molar-refractivity contribution in [2.45, 2.75) is 26.2 Å². The highest BCUT2D eigenvalue weighted by Gasteiger charge is 2.19. The van der Waals surface area contributed by atoms with E-state index in [2.05, 4.69) is 48.2 Å². The van der Waals surface area contributed by atoms with Gasteiger partial charge < -0.3 is 5.32 Å². The zero-order valence-electron chi connectivity index (χ0n) is 11.4. The maximum Gasteiger partial charge on any atom is 0.136 e. The molecule has 0 saturated carbocycles. The van der Waals surface area contributed by atoms with Crippen molar-refractivity contribution in [1.29, 1.82) is 0 Å². The van der Waals surface area contributed by atoms with Gasteiger partial charge in [0.25, 0.3) is 0 Å². The van der Waals surface area contributed by atoms with E-state index in [1.54, 1.807) is 0 Å². The van der Waals surface area contributed by atoms with E-state index in [1.807, 2.05) is 31.3 Å². The van der Waals surface area contributed by atoms with E-state index < -0.39 is 0 Å². The lowest BCUT2D eigenvalue weighted by Crippen LogP contribution is -2.17. The molecule has 0 aliphatic heterocycles. The van der Waals surface area contributed by atoms with E-state index in [-0.39, 0.29) is 5.41 Å². The zero-order valence-corrected chi connectivity index (χ0v) is 11.4. The van der Waals surface area contributed by atoms with Gasteiger partial charge in [-0.15, -0.1) is 0 Å². The quantitative estimate of drug-likeness (QED) is 0.874. The number of anilines is 1. The Morgan fingerprint density at radius 2 is 1.67 bits per heavy atom. The van der Waals surface area contributed by atoms with Crippen LogP contribution in [0.2, 0.25) is 0 Å². The lowest BCUT2D eigenvalue weighted by atomic mass is 9.95. The van der Waals surface area contributed by atoms with Crippen LogP contribution in [0.1, 0.15) is 26.6 Å². The first-order chi connectivity index (χ1) is 8.50. The summed E-state index contributed by atoms with van der Waals surface area (Å²) in [6.07, 6.45) is 0. The van der Waals surface area contributed by atoms with E-state index in [1.165, 1.54) is 0 Å². The van der Waals surface area contributed by atoms with Crippen LogP contribution in [0.4, 0.5) is 5.82 Å². The number of aromatic nitrogens is 2. The molecule has 1 N–H and O–H groups in total. The predicted octanol–water partition coefficient (Wildman–Crippen LogP) is 3.48. The minimum Gasteiger partial charge on any atom is -0.373 e. The Labute approximate surface area is 108 Å². The van der Waals surface area contributed by atoms with Crippen molar-refractivity contribution in [1.82, 2.24) is 9.97 Å². The first-order valence-corrected chi connectivity index (χ1v) is 6.13. The first kappa shape index (κ1) is 12.6. The highest BCUT2D eigenvalue weighted by molar-refractivity contribution is 5.62. The molecule has 0 saturated heterocycles. The van der Waals surface area contributed by atoms with Gasteiger partial charge in [-0.2, -0.15) is 0 Å². The molecule has 0 aliphatic carbocycles. The molecule has 2 rings (SSSR count). The second-order valence-electron chi connectivity index (χ2n) is 5.33. The van der Waals surface area contributed by atoms with Crippen LogP contribution < -0.4 is 5.32 Å². The monoisotopic (exact) mass is 241 g/mol. The fourth-order valence-corrected chi connectivity index (χ4v) is 1.67. The van der Waals surface area contributed by atoms with Crippen molar-refractivity contribution < 1.29 is 0 Å². The summed E-state index contributed by atoms with van der Waals surface area (Å²) in [6.45, 7) is 6.36. The molecule has 0 spiro atoms. The maximum atomic E-state index is 4.67. The average Bonchev–Trinajstić information content (AvgIpc) is 2.38. The normalized spacial score (nSPS) is 11.3. The summed E-state index contributed by atoms with van der Waals surface area (Å²) in [5, 5.41) is 3.10. The molecule has 0 aliphatic rings. The first-order valence-electron chi connectivity index (χ1n) is 6.13. The van der Waals surface area contributed by atoms with Gasteiger partial charge in [0, 0.05) is 24.1 Å². The van der Waals surface area contributed by atoms with Crippen molar-refractivity contribution in [3.63, 3.8) is 0 Å². The third kappa shape index (κ3) is 2.67. The number of benzene rings is 1. The van der Waals surface area contributed by atoms with Crippen LogP contribution in [0.5, 0.6) is 0 Å². The molecular weight excluding hydrogens is 222 g/mol.